The molecule has 0 bridgehead atoms. The number of rotatable bonds is 5. The zero-order chi connectivity index (χ0) is 20.1. The predicted octanol–water partition coefficient (Wildman–Crippen LogP) is 5.01. The van der Waals surface area contributed by atoms with Gasteiger partial charge in [0.2, 0.25) is 5.95 Å². The molecule has 0 radical (unpaired) electrons. The monoisotopic (exact) mass is 374 g/mol. The fourth-order valence-electron chi connectivity index (χ4n) is 2.98. The van der Waals surface area contributed by atoms with Crippen LogP contribution in [-0.4, -0.2) is 15.9 Å². The fourth-order valence-corrected chi connectivity index (χ4v) is 2.98. The quantitative estimate of drug-likeness (QED) is 0.659. The van der Waals surface area contributed by atoms with Crippen LogP contribution in [0.25, 0.3) is 0 Å². The van der Waals surface area contributed by atoms with Gasteiger partial charge in [0.25, 0.3) is 5.91 Å². The number of nitrogens with zero attached hydrogens (tertiary/aromatic N) is 2. The SMILES string of the molecule is CC(NC(=O)c1cnc(Nc2ccccc2C(C)(C)C)nc1)c1ccccc1. The van der Waals surface area contributed by atoms with Gasteiger partial charge >= 0.3 is 0 Å². The first-order chi connectivity index (χ1) is 13.3. The van der Waals surface area contributed by atoms with Gasteiger partial charge in [0.1, 0.15) is 0 Å². The highest BCUT2D eigenvalue weighted by Crippen LogP contribution is 2.30. The van der Waals surface area contributed by atoms with Gasteiger partial charge in [-0.3, -0.25) is 4.79 Å². The lowest BCUT2D eigenvalue weighted by Crippen LogP contribution is -2.26. The van der Waals surface area contributed by atoms with Crippen LogP contribution in [0, 0.1) is 0 Å². The summed E-state index contributed by atoms with van der Waals surface area (Å²) in [4.78, 5) is 21.1. The van der Waals surface area contributed by atoms with E-state index in [-0.39, 0.29) is 17.4 Å². The molecule has 2 N–H and O–H groups in total. The number of benzene rings is 2. The molecule has 0 aliphatic carbocycles. The van der Waals surface area contributed by atoms with Crippen LogP contribution >= 0.6 is 0 Å². The lowest BCUT2D eigenvalue weighted by molar-refractivity contribution is 0.0939. The summed E-state index contributed by atoms with van der Waals surface area (Å²) in [5.74, 6) is 0.266. The Bertz CT molecular complexity index is 931. The van der Waals surface area contributed by atoms with Crippen LogP contribution in [0.1, 0.15) is 55.2 Å². The van der Waals surface area contributed by atoms with Gasteiger partial charge in [-0.1, -0.05) is 69.3 Å². The second-order valence-electron chi connectivity index (χ2n) is 7.82. The Hall–Kier alpha value is -3.21. The van der Waals surface area contributed by atoms with Crippen molar-refractivity contribution < 1.29 is 4.79 Å². The number of carbonyl (C=O) groups excluding carboxylic acids is 1. The third kappa shape index (κ3) is 4.74. The number of anilines is 2. The first kappa shape index (κ1) is 19.5. The van der Waals surface area contributed by atoms with E-state index in [9.17, 15) is 4.79 Å². The highest BCUT2D eigenvalue weighted by Gasteiger charge is 2.18. The van der Waals surface area contributed by atoms with Gasteiger partial charge in [-0.05, 0) is 29.5 Å². The van der Waals surface area contributed by atoms with E-state index >= 15 is 0 Å². The Morgan fingerprint density at radius 2 is 1.54 bits per heavy atom. The summed E-state index contributed by atoms with van der Waals surface area (Å²) < 4.78 is 0. The minimum absolute atomic E-state index is 0.00298. The fraction of sp³-hybridized carbons (Fsp3) is 0.261. The molecule has 1 heterocycles. The van der Waals surface area contributed by atoms with E-state index in [1.165, 1.54) is 5.56 Å². The van der Waals surface area contributed by atoms with Gasteiger partial charge in [-0.2, -0.15) is 0 Å². The van der Waals surface area contributed by atoms with Crippen molar-refractivity contribution in [3.63, 3.8) is 0 Å². The van der Waals surface area contributed by atoms with E-state index in [0.717, 1.165) is 11.3 Å². The van der Waals surface area contributed by atoms with Gasteiger partial charge in [-0.25, -0.2) is 9.97 Å². The third-order valence-corrected chi connectivity index (χ3v) is 4.54. The Morgan fingerprint density at radius 3 is 2.18 bits per heavy atom. The van der Waals surface area contributed by atoms with E-state index in [4.69, 9.17) is 0 Å². The lowest BCUT2D eigenvalue weighted by Gasteiger charge is -2.23. The number of carbonyl (C=O) groups is 1. The largest absolute Gasteiger partial charge is 0.345 e. The van der Waals surface area contributed by atoms with E-state index in [2.05, 4.69) is 47.4 Å². The summed E-state index contributed by atoms with van der Waals surface area (Å²) in [6.07, 6.45) is 3.09. The minimum Gasteiger partial charge on any atom is -0.345 e. The number of hydrogen-bond acceptors (Lipinski definition) is 4. The normalized spacial score (nSPS) is 12.3. The van der Waals surface area contributed by atoms with Crippen LogP contribution in [0.5, 0.6) is 0 Å². The Kier molecular flexibility index (Phi) is 5.73. The zero-order valence-electron chi connectivity index (χ0n) is 16.7. The first-order valence-electron chi connectivity index (χ1n) is 9.39. The summed E-state index contributed by atoms with van der Waals surface area (Å²) in [7, 11) is 0. The number of nitrogens with one attached hydrogen (secondary N) is 2. The Balaban J connectivity index is 1.70. The maximum atomic E-state index is 12.5. The van der Waals surface area contributed by atoms with Crippen molar-refractivity contribution in [2.24, 2.45) is 0 Å². The molecule has 0 aliphatic rings. The van der Waals surface area contributed by atoms with Gasteiger partial charge in [0.05, 0.1) is 11.6 Å². The second kappa shape index (κ2) is 8.21. The average molecular weight is 374 g/mol. The molecule has 1 amide bonds. The van der Waals surface area contributed by atoms with Crippen molar-refractivity contribution in [1.29, 1.82) is 0 Å². The summed E-state index contributed by atoms with van der Waals surface area (Å²) in [6.45, 7) is 8.44. The first-order valence-corrected chi connectivity index (χ1v) is 9.39. The molecule has 3 rings (SSSR count). The molecule has 3 aromatic rings. The van der Waals surface area contributed by atoms with Gasteiger partial charge in [-0.15, -0.1) is 0 Å². The predicted molar refractivity (Wildman–Crippen MR) is 113 cm³/mol. The van der Waals surface area contributed by atoms with Crippen molar-refractivity contribution in [3.8, 4) is 0 Å². The van der Waals surface area contributed by atoms with Crippen LogP contribution in [0.15, 0.2) is 67.0 Å². The van der Waals surface area contributed by atoms with Crippen molar-refractivity contribution in [1.82, 2.24) is 15.3 Å². The molecular formula is C23H26N4O. The number of para-hydroxylation sites is 1. The molecule has 2 aromatic carbocycles. The van der Waals surface area contributed by atoms with Crippen LogP contribution in [0.2, 0.25) is 0 Å². The zero-order valence-corrected chi connectivity index (χ0v) is 16.7. The smallest absolute Gasteiger partial charge is 0.254 e. The van der Waals surface area contributed by atoms with Crippen molar-refractivity contribution in [2.45, 2.75) is 39.2 Å². The molecule has 0 saturated heterocycles. The molecule has 0 spiro atoms. The molecule has 0 aliphatic heterocycles. The third-order valence-electron chi connectivity index (χ3n) is 4.54. The van der Waals surface area contributed by atoms with Gasteiger partial charge in [0.15, 0.2) is 0 Å². The van der Waals surface area contributed by atoms with Crippen LogP contribution < -0.4 is 10.6 Å². The van der Waals surface area contributed by atoms with E-state index in [0.29, 0.717) is 11.5 Å². The molecule has 144 valence electrons. The molecule has 0 saturated carbocycles. The van der Waals surface area contributed by atoms with Crippen molar-refractivity contribution in [3.05, 3.63) is 83.7 Å². The average Bonchev–Trinajstić information content (AvgIpc) is 2.69. The summed E-state index contributed by atoms with van der Waals surface area (Å²) >= 11 is 0. The summed E-state index contributed by atoms with van der Waals surface area (Å²) in [6, 6.07) is 17.8. The standard InChI is InChI=1S/C23H26N4O/c1-16(17-10-6-5-7-11-17)26-21(28)18-14-24-22(25-15-18)27-20-13-9-8-12-19(20)23(2,3)4/h5-16H,1-4H3,(H,26,28)(H,24,25,27). The molecule has 1 atom stereocenters. The van der Waals surface area contributed by atoms with E-state index < -0.39 is 0 Å². The number of aromatic nitrogens is 2. The maximum absolute atomic E-state index is 12.5. The molecule has 28 heavy (non-hydrogen) atoms. The van der Waals surface area contributed by atoms with Crippen LogP contribution in [-0.2, 0) is 5.41 Å². The highest BCUT2D eigenvalue weighted by atomic mass is 16.1. The molecule has 1 unspecified atom stereocenters. The van der Waals surface area contributed by atoms with Crippen LogP contribution in [0.4, 0.5) is 11.6 Å². The van der Waals surface area contributed by atoms with E-state index in [1.807, 2.05) is 55.5 Å². The van der Waals surface area contributed by atoms with Crippen LogP contribution in [0.3, 0.4) is 0 Å². The van der Waals surface area contributed by atoms with E-state index in [1.54, 1.807) is 12.4 Å². The van der Waals surface area contributed by atoms with Crippen molar-refractivity contribution >= 4 is 17.5 Å². The Morgan fingerprint density at radius 1 is 0.929 bits per heavy atom. The van der Waals surface area contributed by atoms with Crippen molar-refractivity contribution in [2.75, 3.05) is 5.32 Å². The molecule has 1 aromatic heterocycles. The summed E-state index contributed by atoms with van der Waals surface area (Å²) in [5.41, 5.74) is 3.62. The lowest BCUT2D eigenvalue weighted by atomic mass is 9.86. The molecule has 0 fully saturated rings. The minimum atomic E-state index is -0.196. The molecular weight excluding hydrogens is 348 g/mol. The van der Waals surface area contributed by atoms with Gasteiger partial charge < -0.3 is 10.6 Å². The number of hydrogen-bond donors (Lipinski definition) is 2. The van der Waals surface area contributed by atoms with Gasteiger partial charge in [0, 0.05) is 18.1 Å². The maximum Gasteiger partial charge on any atom is 0.254 e. The topological polar surface area (TPSA) is 66.9 Å². The second-order valence-corrected chi connectivity index (χ2v) is 7.82. The highest BCUT2D eigenvalue weighted by molar-refractivity contribution is 5.93. The number of amides is 1. The molecule has 5 nitrogen and oxygen atoms in total. The Labute approximate surface area is 166 Å². The molecule has 5 heteroatoms. The summed E-state index contributed by atoms with van der Waals surface area (Å²) in [5, 5.41) is 6.23.